The van der Waals surface area contributed by atoms with Gasteiger partial charge < -0.3 is 15.3 Å². The normalized spacial score (nSPS) is 24.8. The van der Waals surface area contributed by atoms with Crippen molar-refractivity contribution in [3.63, 3.8) is 0 Å². The van der Waals surface area contributed by atoms with Gasteiger partial charge in [-0.25, -0.2) is 0 Å². The Labute approximate surface area is 263 Å². The van der Waals surface area contributed by atoms with Gasteiger partial charge in [0.1, 0.15) is 16.7 Å². The molecule has 4 atom stereocenters. The molecular weight excluding hydrogens is 552 g/mol. The second-order valence-electron chi connectivity index (χ2n) is 14.3. The number of carbonyl (C=O) groups is 3. The maximum Gasteiger partial charge on any atom is 0.200 e. The van der Waals surface area contributed by atoms with Crippen LogP contribution in [-0.2, 0) is 9.59 Å². The summed E-state index contributed by atoms with van der Waals surface area (Å²) in [6, 6.07) is 3.56. The summed E-state index contributed by atoms with van der Waals surface area (Å²) in [5.41, 5.74) is -0.430. The van der Waals surface area contributed by atoms with E-state index in [-0.39, 0.29) is 42.4 Å². The number of Topliss-reactive ketones (excluding diaryl/α,β-unsaturated/α-hetero) is 3. The van der Waals surface area contributed by atoms with Crippen LogP contribution in [0, 0.1) is 28.1 Å². The fraction of sp³-hybridized carbons (Fsp3) is 0.500. The SMILES string of the molecule is C=C(C)[C@H](CC=C(C)C)C[C@@]12C[C@@H](CC=C(C)C)C(C)(C)[C@@](CC=C(C)C)(C(=O)C(C(=O)c3ccc(O)c(O)c3)=C1O)C2=O. The van der Waals surface area contributed by atoms with Crippen molar-refractivity contribution < 1.29 is 29.7 Å². The quantitative estimate of drug-likeness (QED) is 0.0766. The van der Waals surface area contributed by atoms with E-state index in [0.29, 0.717) is 12.8 Å². The van der Waals surface area contributed by atoms with Crippen LogP contribution < -0.4 is 0 Å². The predicted octanol–water partition coefficient (Wildman–Crippen LogP) is 8.91. The van der Waals surface area contributed by atoms with Crippen LogP contribution in [0.25, 0.3) is 0 Å². The molecule has 0 saturated heterocycles. The second-order valence-corrected chi connectivity index (χ2v) is 14.3. The number of phenolic OH excluding ortho intramolecular Hbond substituents is 2. The minimum Gasteiger partial charge on any atom is -0.510 e. The molecule has 0 aliphatic heterocycles. The second kappa shape index (κ2) is 12.7. The molecule has 6 heteroatoms. The van der Waals surface area contributed by atoms with Gasteiger partial charge in [-0.15, -0.1) is 0 Å². The maximum absolute atomic E-state index is 15.2. The highest BCUT2D eigenvalue weighted by molar-refractivity contribution is 6.35. The van der Waals surface area contributed by atoms with E-state index in [9.17, 15) is 24.9 Å². The molecule has 2 aliphatic rings. The van der Waals surface area contributed by atoms with Gasteiger partial charge in [0, 0.05) is 5.56 Å². The number of benzene rings is 1. The highest BCUT2D eigenvalue weighted by atomic mass is 16.3. The molecule has 0 heterocycles. The lowest BCUT2D eigenvalue weighted by molar-refractivity contribution is -0.172. The van der Waals surface area contributed by atoms with Crippen molar-refractivity contribution in [1.82, 2.24) is 0 Å². The third-order valence-corrected chi connectivity index (χ3v) is 10.0. The number of allylic oxidation sites excluding steroid dienone is 9. The van der Waals surface area contributed by atoms with Crippen molar-refractivity contribution in [2.24, 2.45) is 28.1 Å². The molecule has 1 aromatic rings. The Morgan fingerprint density at radius 2 is 1.52 bits per heavy atom. The summed E-state index contributed by atoms with van der Waals surface area (Å²) in [7, 11) is 0. The van der Waals surface area contributed by atoms with E-state index in [1.165, 1.54) is 12.1 Å². The van der Waals surface area contributed by atoms with E-state index >= 15 is 4.79 Å². The van der Waals surface area contributed by atoms with Crippen LogP contribution in [0.5, 0.6) is 11.5 Å². The zero-order valence-electron chi connectivity index (χ0n) is 27.9. The summed E-state index contributed by atoms with van der Waals surface area (Å²) in [4.78, 5) is 44.3. The minimum absolute atomic E-state index is 0.0602. The fourth-order valence-electron chi connectivity index (χ4n) is 7.09. The van der Waals surface area contributed by atoms with Crippen LogP contribution in [0.4, 0.5) is 0 Å². The van der Waals surface area contributed by atoms with E-state index in [2.05, 4.69) is 18.7 Å². The average molecular weight is 603 g/mol. The molecule has 0 aromatic heterocycles. The highest BCUT2D eigenvalue weighted by Gasteiger charge is 2.72. The molecule has 0 unspecified atom stereocenters. The largest absolute Gasteiger partial charge is 0.510 e. The van der Waals surface area contributed by atoms with Gasteiger partial charge in [-0.3, -0.25) is 14.4 Å². The molecule has 0 amide bonds. The van der Waals surface area contributed by atoms with E-state index in [1.807, 2.05) is 68.4 Å². The number of carbonyl (C=O) groups excluding carboxylic acids is 3. The number of ketones is 3. The third-order valence-electron chi connectivity index (χ3n) is 10.0. The summed E-state index contributed by atoms with van der Waals surface area (Å²) in [5, 5.41) is 32.3. The topological polar surface area (TPSA) is 112 Å². The smallest absolute Gasteiger partial charge is 0.200 e. The Hall–Kier alpha value is -3.67. The molecule has 0 radical (unpaired) electrons. The zero-order chi connectivity index (χ0) is 33.4. The monoisotopic (exact) mass is 602 g/mol. The number of aromatic hydroxyl groups is 2. The van der Waals surface area contributed by atoms with Gasteiger partial charge in [0.25, 0.3) is 0 Å². The van der Waals surface area contributed by atoms with Crippen LogP contribution in [0.2, 0.25) is 0 Å². The first-order valence-electron chi connectivity index (χ1n) is 15.5. The highest BCUT2D eigenvalue weighted by Crippen LogP contribution is 2.67. The first kappa shape index (κ1) is 34.8. The molecule has 1 saturated carbocycles. The molecule has 1 aromatic carbocycles. The molecule has 44 heavy (non-hydrogen) atoms. The number of phenols is 2. The van der Waals surface area contributed by atoms with Crippen LogP contribution in [0.3, 0.4) is 0 Å². The van der Waals surface area contributed by atoms with Gasteiger partial charge in [0.2, 0.25) is 0 Å². The van der Waals surface area contributed by atoms with Gasteiger partial charge in [-0.05, 0) is 116 Å². The van der Waals surface area contributed by atoms with Crippen molar-refractivity contribution in [2.75, 3.05) is 0 Å². The molecule has 6 nitrogen and oxygen atoms in total. The number of hydrogen-bond donors (Lipinski definition) is 3. The Kier molecular flexibility index (Phi) is 10.1. The fourth-order valence-corrected chi connectivity index (χ4v) is 7.09. The van der Waals surface area contributed by atoms with E-state index < -0.39 is 50.6 Å². The molecule has 2 aliphatic carbocycles. The molecule has 3 rings (SSSR count). The standard InChI is InChI=1S/C38H50O6/c1-22(2)11-13-27(25(7)8)20-37-21-28(15-12-23(3)4)36(9,10)38(35(37)44,18-17-24(5)6)34(43)31(33(37)42)32(41)26-14-16-29(39)30(40)19-26/h11-12,14,16-17,19,27-28,39-40,42H,7,13,15,18,20-21H2,1-6,8-10H3/t27-,28-,37-,38+/m1/s1. The summed E-state index contributed by atoms with van der Waals surface area (Å²) >= 11 is 0. The van der Waals surface area contributed by atoms with Gasteiger partial charge in [-0.1, -0.05) is 60.9 Å². The lowest BCUT2D eigenvalue weighted by Gasteiger charge is -2.60. The summed E-state index contributed by atoms with van der Waals surface area (Å²) in [6.07, 6.45) is 7.90. The Morgan fingerprint density at radius 3 is 2.05 bits per heavy atom. The van der Waals surface area contributed by atoms with Crippen molar-refractivity contribution in [3.05, 3.63) is 82.2 Å². The lowest BCUT2D eigenvalue weighted by Crippen LogP contribution is -2.67. The van der Waals surface area contributed by atoms with E-state index in [4.69, 9.17) is 0 Å². The first-order valence-corrected chi connectivity index (χ1v) is 15.5. The molecule has 0 spiro atoms. The van der Waals surface area contributed by atoms with Crippen molar-refractivity contribution in [2.45, 2.75) is 94.4 Å². The minimum atomic E-state index is -1.62. The summed E-state index contributed by atoms with van der Waals surface area (Å²) in [5.74, 6) is -3.57. The van der Waals surface area contributed by atoms with Crippen molar-refractivity contribution >= 4 is 17.3 Å². The van der Waals surface area contributed by atoms with E-state index in [0.717, 1.165) is 28.4 Å². The number of rotatable bonds is 11. The van der Waals surface area contributed by atoms with Crippen LogP contribution in [0.15, 0.2) is 76.6 Å². The maximum atomic E-state index is 15.2. The van der Waals surface area contributed by atoms with Gasteiger partial charge in [0.15, 0.2) is 28.8 Å². The van der Waals surface area contributed by atoms with Crippen molar-refractivity contribution in [3.8, 4) is 11.5 Å². The van der Waals surface area contributed by atoms with Crippen LogP contribution in [0.1, 0.15) is 105 Å². The number of aliphatic hydroxyl groups is 1. The number of fused-ring (bicyclic) bond motifs is 2. The molecule has 2 bridgehead atoms. The van der Waals surface area contributed by atoms with Crippen LogP contribution in [-0.4, -0.2) is 32.7 Å². The average Bonchev–Trinajstić information content (AvgIpc) is 2.91. The molecule has 3 N–H and O–H groups in total. The number of hydrogen-bond acceptors (Lipinski definition) is 6. The molecular formula is C38H50O6. The van der Waals surface area contributed by atoms with Gasteiger partial charge >= 0.3 is 0 Å². The van der Waals surface area contributed by atoms with E-state index in [1.54, 1.807) is 0 Å². The summed E-state index contributed by atoms with van der Waals surface area (Å²) in [6.45, 7) is 21.9. The first-order chi connectivity index (χ1) is 20.3. The Morgan fingerprint density at radius 1 is 0.932 bits per heavy atom. The Bertz CT molecular complexity index is 1490. The summed E-state index contributed by atoms with van der Waals surface area (Å²) < 4.78 is 0. The predicted molar refractivity (Wildman–Crippen MR) is 176 cm³/mol. The number of aliphatic hydroxyl groups excluding tert-OH is 1. The third kappa shape index (κ3) is 6.00. The lowest BCUT2D eigenvalue weighted by atomic mass is 9.39. The van der Waals surface area contributed by atoms with Gasteiger partial charge in [-0.2, -0.15) is 0 Å². The molecule has 238 valence electrons. The Balaban J connectivity index is 2.46. The zero-order valence-corrected chi connectivity index (χ0v) is 27.9. The van der Waals surface area contributed by atoms with Gasteiger partial charge in [0.05, 0.1) is 5.41 Å². The van der Waals surface area contributed by atoms with Crippen LogP contribution >= 0.6 is 0 Å². The molecule has 1 fully saturated rings. The van der Waals surface area contributed by atoms with Crippen molar-refractivity contribution in [1.29, 1.82) is 0 Å².